The summed E-state index contributed by atoms with van der Waals surface area (Å²) in [5.41, 5.74) is 1.77. The monoisotopic (exact) mass is 348 g/mol. The van der Waals surface area contributed by atoms with Crippen molar-refractivity contribution in [2.45, 2.75) is 32.6 Å². The Hall–Kier alpha value is -1.39. The summed E-state index contributed by atoms with van der Waals surface area (Å²) in [7, 11) is 0. The summed E-state index contributed by atoms with van der Waals surface area (Å²) in [6.45, 7) is 3.87. The molecular weight excluding hydrogens is 328 g/mol. The third-order valence-corrected chi connectivity index (χ3v) is 5.26. The van der Waals surface area contributed by atoms with E-state index in [1.165, 1.54) is 12.8 Å². The fraction of sp³-hybridized carbons (Fsp3) is 0.444. The highest BCUT2D eigenvalue weighted by Gasteiger charge is 2.26. The molecule has 1 aliphatic rings. The summed E-state index contributed by atoms with van der Waals surface area (Å²) < 4.78 is 0. The van der Waals surface area contributed by atoms with Crippen LogP contribution in [0.4, 0.5) is 0 Å². The van der Waals surface area contributed by atoms with Gasteiger partial charge in [-0.1, -0.05) is 36.7 Å². The van der Waals surface area contributed by atoms with Gasteiger partial charge in [0, 0.05) is 24.0 Å². The molecule has 1 aliphatic carbocycles. The van der Waals surface area contributed by atoms with Gasteiger partial charge in [0.1, 0.15) is 5.01 Å². The van der Waals surface area contributed by atoms with E-state index >= 15 is 0 Å². The fourth-order valence-electron chi connectivity index (χ4n) is 2.61. The number of carbonyl (C=O) groups excluding carboxylic acids is 1. The van der Waals surface area contributed by atoms with Crippen LogP contribution in [-0.2, 0) is 11.2 Å². The van der Waals surface area contributed by atoms with Crippen molar-refractivity contribution in [3.05, 3.63) is 40.4 Å². The SMILES string of the molecule is CCCN(CC1CC1)C(=O)Cc1csc(-c2ccccc2Cl)n1. The lowest BCUT2D eigenvalue weighted by atomic mass is 10.2. The molecule has 1 saturated carbocycles. The van der Waals surface area contributed by atoms with Gasteiger partial charge < -0.3 is 4.90 Å². The first-order valence-electron chi connectivity index (χ1n) is 8.14. The molecule has 0 spiro atoms. The topological polar surface area (TPSA) is 33.2 Å². The van der Waals surface area contributed by atoms with Crippen LogP contribution in [0.2, 0.25) is 5.02 Å². The van der Waals surface area contributed by atoms with Crippen LogP contribution in [0.25, 0.3) is 10.6 Å². The predicted octanol–water partition coefficient (Wildman–Crippen LogP) is 4.65. The second-order valence-electron chi connectivity index (χ2n) is 6.08. The maximum Gasteiger partial charge on any atom is 0.228 e. The Balaban J connectivity index is 1.68. The van der Waals surface area contributed by atoms with E-state index in [-0.39, 0.29) is 5.91 Å². The minimum atomic E-state index is 0.190. The summed E-state index contributed by atoms with van der Waals surface area (Å²) in [5.74, 6) is 0.911. The number of aromatic nitrogens is 1. The van der Waals surface area contributed by atoms with E-state index in [9.17, 15) is 4.79 Å². The van der Waals surface area contributed by atoms with Gasteiger partial charge in [-0.2, -0.15) is 0 Å². The van der Waals surface area contributed by atoms with Gasteiger partial charge in [-0.25, -0.2) is 4.98 Å². The molecule has 2 aromatic rings. The molecule has 1 aromatic carbocycles. The van der Waals surface area contributed by atoms with E-state index in [1.807, 2.05) is 34.5 Å². The van der Waals surface area contributed by atoms with Gasteiger partial charge in [-0.15, -0.1) is 11.3 Å². The van der Waals surface area contributed by atoms with Crippen molar-refractivity contribution in [2.75, 3.05) is 13.1 Å². The Morgan fingerprint density at radius 2 is 2.17 bits per heavy atom. The molecule has 1 fully saturated rings. The highest BCUT2D eigenvalue weighted by molar-refractivity contribution is 7.13. The average Bonchev–Trinajstić information content (AvgIpc) is 3.24. The normalized spacial score (nSPS) is 14.0. The summed E-state index contributed by atoms with van der Waals surface area (Å²) in [6, 6.07) is 7.68. The largest absolute Gasteiger partial charge is 0.342 e. The van der Waals surface area contributed by atoms with Crippen molar-refractivity contribution in [1.29, 1.82) is 0 Å². The lowest BCUT2D eigenvalue weighted by molar-refractivity contribution is -0.130. The van der Waals surface area contributed by atoms with Gasteiger partial charge in [0.2, 0.25) is 5.91 Å². The van der Waals surface area contributed by atoms with Gasteiger partial charge in [0.25, 0.3) is 0 Å². The van der Waals surface area contributed by atoms with Crippen molar-refractivity contribution in [3.63, 3.8) is 0 Å². The van der Waals surface area contributed by atoms with Gasteiger partial charge >= 0.3 is 0 Å². The fourth-order valence-corrected chi connectivity index (χ4v) is 3.75. The summed E-state index contributed by atoms with van der Waals surface area (Å²) in [4.78, 5) is 19.2. The summed E-state index contributed by atoms with van der Waals surface area (Å²) in [5, 5.41) is 3.54. The molecular formula is C18H21ClN2OS. The lowest BCUT2D eigenvalue weighted by Gasteiger charge is -2.21. The maximum absolute atomic E-state index is 12.5. The number of amides is 1. The number of hydrogen-bond donors (Lipinski definition) is 0. The van der Waals surface area contributed by atoms with Crippen LogP contribution in [0.1, 0.15) is 31.9 Å². The lowest BCUT2D eigenvalue weighted by Crippen LogP contribution is -2.34. The molecule has 122 valence electrons. The first kappa shape index (κ1) is 16.5. The maximum atomic E-state index is 12.5. The Labute approximate surface area is 146 Å². The molecule has 0 N–H and O–H groups in total. The third kappa shape index (κ3) is 4.33. The highest BCUT2D eigenvalue weighted by atomic mass is 35.5. The quantitative estimate of drug-likeness (QED) is 0.729. The van der Waals surface area contributed by atoms with Gasteiger partial charge in [0.15, 0.2) is 0 Å². The predicted molar refractivity (Wildman–Crippen MR) is 95.9 cm³/mol. The number of rotatable bonds is 7. The first-order chi connectivity index (χ1) is 11.2. The smallest absolute Gasteiger partial charge is 0.228 e. The molecule has 5 heteroatoms. The number of carbonyl (C=O) groups is 1. The van der Waals surface area contributed by atoms with E-state index in [1.54, 1.807) is 11.3 Å². The highest BCUT2D eigenvalue weighted by Crippen LogP contribution is 2.31. The average molecular weight is 349 g/mol. The molecule has 1 heterocycles. The Morgan fingerprint density at radius 1 is 1.39 bits per heavy atom. The molecule has 3 nitrogen and oxygen atoms in total. The van der Waals surface area contributed by atoms with Crippen molar-refractivity contribution in [2.24, 2.45) is 5.92 Å². The summed E-state index contributed by atoms with van der Waals surface area (Å²) >= 11 is 7.76. The number of nitrogens with zero attached hydrogens (tertiary/aromatic N) is 2. The van der Waals surface area contributed by atoms with Crippen LogP contribution in [0.5, 0.6) is 0 Å². The number of halogens is 1. The molecule has 0 radical (unpaired) electrons. The van der Waals surface area contributed by atoms with Crippen LogP contribution in [0, 0.1) is 5.92 Å². The number of hydrogen-bond acceptors (Lipinski definition) is 3. The Kier molecular flexibility index (Phi) is 5.34. The zero-order chi connectivity index (χ0) is 16.2. The van der Waals surface area contributed by atoms with Crippen LogP contribution in [-0.4, -0.2) is 28.9 Å². The zero-order valence-corrected chi connectivity index (χ0v) is 14.9. The van der Waals surface area contributed by atoms with E-state index < -0.39 is 0 Å². The first-order valence-corrected chi connectivity index (χ1v) is 9.40. The van der Waals surface area contributed by atoms with Gasteiger partial charge in [0.05, 0.1) is 17.1 Å². The molecule has 0 bridgehead atoms. The third-order valence-electron chi connectivity index (χ3n) is 4.01. The van der Waals surface area contributed by atoms with Crippen molar-refractivity contribution < 1.29 is 4.79 Å². The molecule has 0 atom stereocenters. The molecule has 3 rings (SSSR count). The Morgan fingerprint density at radius 3 is 2.87 bits per heavy atom. The van der Waals surface area contributed by atoms with Crippen molar-refractivity contribution in [1.82, 2.24) is 9.88 Å². The minimum Gasteiger partial charge on any atom is -0.342 e. The van der Waals surface area contributed by atoms with Crippen LogP contribution in [0.3, 0.4) is 0 Å². The Bertz CT molecular complexity index is 681. The second kappa shape index (κ2) is 7.45. The van der Waals surface area contributed by atoms with E-state index in [0.717, 1.165) is 41.7 Å². The molecule has 0 saturated heterocycles. The van der Waals surface area contributed by atoms with Crippen LogP contribution >= 0.6 is 22.9 Å². The van der Waals surface area contributed by atoms with Gasteiger partial charge in [-0.3, -0.25) is 4.79 Å². The van der Waals surface area contributed by atoms with Crippen LogP contribution in [0.15, 0.2) is 29.6 Å². The molecule has 1 amide bonds. The number of benzene rings is 1. The minimum absolute atomic E-state index is 0.190. The van der Waals surface area contributed by atoms with Crippen molar-refractivity contribution >= 4 is 28.8 Å². The van der Waals surface area contributed by atoms with Crippen LogP contribution < -0.4 is 0 Å². The van der Waals surface area contributed by atoms with Gasteiger partial charge in [-0.05, 0) is 31.2 Å². The molecule has 0 unspecified atom stereocenters. The second-order valence-corrected chi connectivity index (χ2v) is 7.35. The zero-order valence-electron chi connectivity index (χ0n) is 13.3. The van der Waals surface area contributed by atoms with Crippen molar-refractivity contribution in [3.8, 4) is 10.6 Å². The molecule has 1 aromatic heterocycles. The van der Waals surface area contributed by atoms with E-state index in [0.29, 0.717) is 11.4 Å². The van der Waals surface area contributed by atoms with E-state index in [2.05, 4.69) is 11.9 Å². The molecule has 0 aliphatic heterocycles. The summed E-state index contributed by atoms with van der Waals surface area (Å²) in [6.07, 6.45) is 3.91. The standard InChI is InChI=1S/C18H21ClN2OS/c1-2-9-21(11-13-7-8-13)17(22)10-14-12-23-18(20-14)15-5-3-4-6-16(15)19/h3-6,12-13H,2,7-11H2,1H3. The number of thiazole rings is 1. The van der Waals surface area contributed by atoms with E-state index in [4.69, 9.17) is 11.6 Å². The molecule has 23 heavy (non-hydrogen) atoms.